The van der Waals surface area contributed by atoms with E-state index in [1.807, 2.05) is 0 Å². The Bertz CT molecular complexity index is 349. The number of nitrogens with zero attached hydrogens (tertiary/aromatic N) is 1. The lowest BCUT2D eigenvalue weighted by molar-refractivity contribution is -0.384. The van der Waals surface area contributed by atoms with Crippen molar-refractivity contribution in [2.24, 2.45) is 0 Å². The van der Waals surface area contributed by atoms with Gasteiger partial charge in [-0.25, -0.2) is 4.39 Å². The first-order chi connectivity index (χ1) is 6.56. The molecule has 7 heteroatoms. The fourth-order valence-corrected chi connectivity index (χ4v) is 1.47. The minimum absolute atomic E-state index is 0.0492. The van der Waals surface area contributed by atoms with Gasteiger partial charge in [-0.2, -0.15) is 0 Å². The van der Waals surface area contributed by atoms with Gasteiger partial charge in [0.25, 0.3) is 0 Å². The van der Waals surface area contributed by atoms with Crippen molar-refractivity contribution in [1.82, 2.24) is 0 Å². The van der Waals surface area contributed by atoms with Crippen LogP contribution in [0.1, 0.15) is 0 Å². The lowest BCUT2D eigenvalue weighted by Crippen LogP contribution is -1.94. The Labute approximate surface area is 88.3 Å². The van der Waals surface area contributed by atoms with Crippen LogP contribution in [0, 0.1) is 10.1 Å². The second-order valence-corrected chi connectivity index (χ2v) is 3.06. The number of benzene rings is 1. The van der Waals surface area contributed by atoms with E-state index >= 15 is 0 Å². The maximum atomic E-state index is 11.8. The molecule has 0 saturated carbocycles. The molecule has 0 unspecified atom stereocenters. The standard InChI is InChI=1S/C7H4Cl2FNO3/c8-5-1-4(14-3-10)2-6(9)7(5)11(12)13/h1-2H,3H2. The first-order valence-corrected chi connectivity index (χ1v) is 4.14. The van der Waals surface area contributed by atoms with Crippen molar-refractivity contribution in [2.45, 2.75) is 0 Å². The van der Waals surface area contributed by atoms with Crippen LogP contribution in [0.25, 0.3) is 0 Å². The molecule has 0 spiro atoms. The summed E-state index contributed by atoms with van der Waals surface area (Å²) in [5.41, 5.74) is -0.417. The molecule has 1 aromatic rings. The van der Waals surface area contributed by atoms with Crippen molar-refractivity contribution in [3.8, 4) is 5.75 Å². The predicted molar refractivity (Wildman–Crippen MR) is 49.7 cm³/mol. The Balaban J connectivity index is 3.18. The van der Waals surface area contributed by atoms with E-state index in [1.165, 1.54) is 0 Å². The molecular formula is C7H4Cl2FNO3. The molecule has 0 amide bonds. The molecule has 0 aliphatic carbocycles. The zero-order valence-electron chi connectivity index (χ0n) is 6.67. The largest absolute Gasteiger partial charge is 0.463 e. The Kier molecular flexibility index (Phi) is 3.49. The van der Waals surface area contributed by atoms with E-state index in [4.69, 9.17) is 23.2 Å². The molecular weight excluding hydrogens is 236 g/mol. The molecule has 0 aromatic heterocycles. The molecule has 1 aromatic carbocycles. The first kappa shape index (κ1) is 11.0. The number of rotatable bonds is 3. The molecule has 0 atom stereocenters. The van der Waals surface area contributed by atoms with Crippen LogP contribution in [0.15, 0.2) is 12.1 Å². The van der Waals surface area contributed by atoms with Gasteiger partial charge in [-0.15, -0.1) is 0 Å². The Morgan fingerprint density at radius 3 is 2.29 bits per heavy atom. The summed E-state index contributed by atoms with van der Waals surface area (Å²) in [5, 5.41) is 10.1. The Morgan fingerprint density at radius 1 is 1.43 bits per heavy atom. The summed E-state index contributed by atoms with van der Waals surface area (Å²) in [6.45, 7) is -1.05. The fraction of sp³-hybridized carbons (Fsp3) is 0.143. The third kappa shape index (κ3) is 2.24. The Hall–Kier alpha value is -1.07. The van der Waals surface area contributed by atoms with Crippen molar-refractivity contribution in [2.75, 3.05) is 6.86 Å². The van der Waals surface area contributed by atoms with Crippen LogP contribution >= 0.6 is 23.2 Å². The average Bonchev–Trinajstić information content (AvgIpc) is 2.01. The number of nitro groups is 1. The van der Waals surface area contributed by atoms with E-state index in [-0.39, 0.29) is 15.8 Å². The van der Waals surface area contributed by atoms with E-state index in [1.54, 1.807) is 0 Å². The molecule has 0 radical (unpaired) electrons. The third-order valence-electron chi connectivity index (χ3n) is 1.39. The summed E-state index contributed by atoms with van der Waals surface area (Å²) in [6, 6.07) is 2.26. The van der Waals surface area contributed by atoms with Gasteiger partial charge in [0.1, 0.15) is 15.8 Å². The molecule has 0 bridgehead atoms. The summed E-state index contributed by atoms with van der Waals surface area (Å²) >= 11 is 11.1. The lowest BCUT2D eigenvalue weighted by atomic mass is 10.3. The molecule has 14 heavy (non-hydrogen) atoms. The molecule has 76 valence electrons. The van der Waals surface area contributed by atoms with Gasteiger partial charge in [0.05, 0.1) is 4.92 Å². The molecule has 0 fully saturated rings. The third-order valence-corrected chi connectivity index (χ3v) is 1.97. The molecule has 0 heterocycles. The van der Waals surface area contributed by atoms with Crippen LogP contribution < -0.4 is 4.74 Å². The minimum atomic E-state index is -1.05. The van der Waals surface area contributed by atoms with Crippen molar-refractivity contribution >= 4 is 28.9 Å². The van der Waals surface area contributed by atoms with Gasteiger partial charge in [-0.1, -0.05) is 23.2 Å². The van der Waals surface area contributed by atoms with Gasteiger partial charge < -0.3 is 4.74 Å². The van der Waals surface area contributed by atoms with Crippen molar-refractivity contribution < 1.29 is 14.1 Å². The smallest absolute Gasteiger partial charge is 0.306 e. The lowest BCUT2D eigenvalue weighted by Gasteiger charge is -2.03. The molecule has 1 rings (SSSR count). The molecule has 0 N–H and O–H groups in total. The minimum Gasteiger partial charge on any atom is -0.463 e. The SMILES string of the molecule is O=[N+]([O-])c1c(Cl)cc(OCF)cc1Cl. The zero-order chi connectivity index (χ0) is 10.7. The summed E-state index contributed by atoms with van der Waals surface area (Å²) in [4.78, 5) is 9.72. The van der Waals surface area contributed by atoms with E-state index in [2.05, 4.69) is 4.74 Å². The van der Waals surface area contributed by atoms with Gasteiger partial charge in [-0.3, -0.25) is 10.1 Å². The number of hydrogen-bond acceptors (Lipinski definition) is 3. The van der Waals surface area contributed by atoms with Crippen molar-refractivity contribution in [3.05, 3.63) is 32.3 Å². The number of hydrogen-bond donors (Lipinski definition) is 0. The fourth-order valence-electron chi connectivity index (χ4n) is 0.863. The average molecular weight is 240 g/mol. The molecule has 0 aliphatic heterocycles. The van der Waals surface area contributed by atoms with Gasteiger partial charge in [0.15, 0.2) is 0 Å². The highest BCUT2D eigenvalue weighted by Crippen LogP contribution is 2.36. The molecule has 0 saturated heterocycles. The quantitative estimate of drug-likeness (QED) is 0.602. The van der Waals surface area contributed by atoms with E-state index in [0.717, 1.165) is 12.1 Å². The maximum Gasteiger partial charge on any atom is 0.306 e. The van der Waals surface area contributed by atoms with E-state index in [9.17, 15) is 14.5 Å². The number of halogens is 3. The van der Waals surface area contributed by atoms with Crippen molar-refractivity contribution in [3.63, 3.8) is 0 Å². The maximum absolute atomic E-state index is 11.8. The second-order valence-electron chi connectivity index (χ2n) is 2.25. The van der Waals surface area contributed by atoms with Crippen LogP contribution in [-0.4, -0.2) is 11.8 Å². The number of alkyl halides is 1. The highest BCUT2D eigenvalue weighted by molar-refractivity contribution is 6.38. The van der Waals surface area contributed by atoms with Crippen LogP contribution in [0.2, 0.25) is 10.0 Å². The predicted octanol–water partition coefficient (Wildman–Crippen LogP) is 3.21. The van der Waals surface area contributed by atoms with E-state index in [0.29, 0.717) is 0 Å². The summed E-state index contributed by atoms with van der Waals surface area (Å²) in [6.07, 6.45) is 0. The Morgan fingerprint density at radius 2 is 1.93 bits per heavy atom. The van der Waals surface area contributed by atoms with Crippen LogP contribution in [-0.2, 0) is 0 Å². The van der Waals surface area contributed by atoms with E-state index < -0.39 is 17.5 Å². The van der Waals surface area contributed by atoms with Gasteiger partial charge >= 0.3 is 5.69 Å². The summed E-state index contributed by atoms with van der Waals surface area (Å²) in [5.74, 6) is 0.0492. The normalized spacial score (nSPS) is 9.93. The summed E-state index contributed by atoms with van der Waals surface area (Å²) in [7, 11) is 0. The highest BCUT2D eigenvalue weighted by Gasteiger charge is 2.19. The topological polar surface area (TPSA) is 52.4 Å². The monoisotopic (exact) mass is 239 g/mol. The van der Waals surface area contributed by atoms with Gasteiger partial charge in [0.2, 0.25) is 6.86 Å². The number of nitro benzene ring substituents is 1. The number of ether oxygens (including phenoxy) is 1. The summed E-state index contributed by atoms with van der Waals surface area (Å²) < 4.78 is 16.2. The van der Waals surface area contributed by atoms with Crippen LogP contribution in [0.3, 0.4) is 0 Å². The van der Waals surface area contributed by atoms with Gasteiger partial charge in [0, 0.05) is 12.1 Å². The van der Waals surface area contributed by atoms with Crippen LogP contribution in [0.5, 0.6) is 5.75 Å². The zero-order valence-corrected chi connectivity index (χ0v) is 8.18. The van der Waals surface area contributed by atoms with Crippen LogP contribution in [0.4, 0.5) is 10.1 Å². The van der Waals surface area contributed by atoms with Crippen molar-refractivity contribution in [1.29, 1.82) is 0 Å². The molecule has 0 aliphatic rings. The second kappa shape index (κ2) is 4.43. The van der Waals surface area contributed by atoms with Gasteiger partial charge in [-0.05, 0) is 0 Å². The highest BCUT2D eigenvalue weighted by atomic mass is 35.5. The molecule has 4 nitrogen and oxygen atoms in total. The first-order valence-electron chi connectivity index (χ1n) is 3.38.